The van der Waals surface area contributed by atoms with Crippen molar-refractivity contribution in [3.8, 4) is 17.5 Å². The van der Waals surface area contributed by atoms with E-state index in [0.717, 1.165) is 10.7 Å². The Balaban J connectivity index is 2.25. The third-order valence-corrected chi connectivity index (χ3v) is 2.54. The average molecular weight is 300 g/mol. The second kappa shape index (κ2) is 5.43. The molecular weight excluding hydrogens is 289 g/mol. The molecule has 0 saturated heterocycles. The van der Waals surface area contributed by atoms with Gasteiger partial charge < -0.3 is 9.47 Å². The highest BCUT2D eigenvalue weighted by molar-refractivity contribution is 5.65. The molecule has 6 nitrogen and oxygen atoms in total. The molecule has 0 saturated carbocycles. The summed E-state index contributed by atoms with van der Waals surface area (Å²) in [5.74, 6) is 0.543. The molecule has 2 heterocycles. The number of alkyl halides is 3. The zero-order valence-electron chi connectivity index (χ0n) is 11.2. The lowest BCUT2D eigenvalue weighted by atomic mass is 10.2. The van der Waals surface area contributed by atoms with Gasteiger partial charge in [0, 0.05) is 19.2 Å². The van der Waals surface area contributed by atoms with Gasteiger partial charge in [-0.05, 0) is 0 Å². The van der Waals surface area contributed by atoms with Gasteiger partial charge in [-0.3, -0.25) is 0 Å². The number of ether oxygens (including phenoxy) is 2. The van der Waals surface area contributed by atoms with E-state index in [4.69, 9.17) is 9.47 Å². The van der Waals surface area contributed by atoms with Gasteiger partial charge >= 0.3 is 6.18 Å². The highest BCUT2D eigenvalue weighted by Crippen LogP contribution is 2.33. The van der Waals surface area contributed by atoms with Crippen LogP contribution in [0.4, 0.5) is 13.2 Å². The van der Waals surface area contributed by atoms with Crippen LogP contribution >= 0.6 is 0 Å². The van der Waals surface area contributed by atoms with Crippen LogP contribution in [0.25, 0.3) is 5.57 Å². The predicted octanol–water partition coefficient (Wildman–Crippen LogP) is 2.59. The topological polar surface area (TPSA) is 62.1 Å². The minimum atomic E-state index is -4.55. The summed E-state index contributed by atoms with van der Waals surface area (Å²) in [5, 5.41) is 11.0. The number of hydrogen-bond acceptors (Lipinski definition) is 5. The van der Waals surface area contributed by atoms with Gasteiger partial charge in [-0.2, -0.15) is 23.4 Å². The van der Waals surface area contributed by atoms with E-state index in [0.29, 0.717) is 5.75 Å². The molecule has 0 atom stereocenters. The number of aryl methyl sites for hydroxylation is 1. The quantitative estimate of drug-likeness (QED) is 0.868. The lowest BCUT2D eigenvalue weighted by Crippen LogP contribution is -2.10. The zero-order chi connectivity index (χ0) is 15.6. The Kier molecular flexibility index (Phi) is 3.83. The summed E-state index contributed by atoms with van der Waals surface area (Å²) in [4.78, 5) is 0. The first kappa shape index (κ1) is 14.8. The first-order valence-corrected chi connectivity index (χ1v) is 5.66. The fraction of sp³-hybridized carbons (Fsp3) is 0.250. The van der Waals surface area contributed by atoms with Crippen molar-refractivity contribution in [1.82, 2.24) is 20.0 Å². The van der Waals surface area contributed by atoms with Gasteiger partial charge in [0.05, 0.1) is 18.9 Å². The fourth-order valence-electron chi connectivity index (χ4n) is 1.44. The van der Waals surface area contributed by atoms with Crippen molar-refractivity contribution in [3.63, 3.8) is 0 Å². The molecule has 2 aromatic rings. The molecule has 0 spiro atoms. The molecule has 0 aliphatic rings. The van der Waals surface area contributed by atoms with Crippen molar-refractivity contribution in [2.45, 2.75) is 6.18 Å². The second-order valence-electron chi connectivity index (χ2n) is 4.00. The normalized spacial score (nSPS) is 11.3. The van der Waals surface area contributed by atoms with Crippen LogP contribution in [-0.2, 0) is 7.05 Å². The Morgan fingerprint density at radius 1 is 1.33 bits per heavy atom. The van der Waals surface area contributed by atoms with Gasteiger partial charge in [0.25, 0.3) is 0 Å². The number of halogens is 3. The molecule has 0 bridgehead atoms. The van der Waals surface area contributed by atoms with E-state index in [2.05, 4.69) is 21.9 Å². The van der Waals surface area contributed by atoms with Crippen molar-refractivity contribution < 1.29 is 22.6 Å². The lowest BCUT2D eigenvalue weighted by molar-refractivity contribution is -0.0689. The molecule has 0 aliphatic heterocycles. The van der Waals surface area contributed by atoms with Crippen LogP contribution in [-0.4, -0.2) is 33.3 Å². The van der Waals surface area contributed by atoms with Crippen LogP contribution < -0.4 is 9.47 Å². The highest BCUT2D eigenvalue weighted by atomic mass is 19.4. The van der Waals surface area contributed by atoms with E-state index in [1.165, 1.54) is 26.4 Å². The lowest BCUT2D eigenvalue weighted by Gasteiger charge is -2.05. The Hall–Kier alpha value is -2.58. The molecule has 0 N–H and O–H groups in total. The first-order chi connectivity index (χ1) is 9.81. The zero-order valence-corrected chi connectivity index (χ0v) is 11.2. The maximum atomic E-state index is 12.6. The van der Waals surface area contributed by atoms with Crippen molar-refractivity contribution in [2.24, 2.45) is 7.05 Å². The van der Waals surface area contributed by atoms with E-state index in [1.54, 1.807) is 0 Å². The molecule has 21 heavy (non-hydrogen) atoms. The first-order valence-electron chi connectivity index (χ1n) is 5.66. The minimum Gasteiger partial charge on any atom is -0.495 e. The molecule has 0 fully saturated rings. The Labute approximate surface area is 117 Å². The summed E-state index contributed by atoms with van der Waals surface area (Å²) in [6, 6.07) is 2.56. The number of methoxy groups -OCH3 is 1. The van der Waals surface area contributed by atoms with E-state index in [1.807, 2.05) is 0 Å². The van der Waals surface area contributed by atoms with Crippen molar-refractivity contribution in [1.29, 1.82) is 0 Å². The van der Waals surface area contributed by atoms with Crippen LogP contribution in [0.3, 0.4) is 0 Å². The van der Waals surface area contributed by atoms with Gasteiger partial charge in [-0.25, -0.2) is 4.68 Å². The van der Waals surface area contributed by atoms with Gasteiger partial charge in [-0.1, -0.05) is 6.58 Å². The molecule has 2 aromatic heterocycles. The summed E-state index contributed by atoms with van der Waals surface area (Å²) in [5.41, 5.74) is -1.37. The number of rotatable bonds is 4. The maximum Gasteiger partial charge on any atom is 0.417 e. The number of aromatic nitrogens is 4. The predicted molar refractivity (Wildman–Crippen MR) is 67.0 cm³/mol. The van der Waals surface area contributed by atoms with Crippen LogP contribution in [0, 0.1) is 0 Å². The van der Waals surface area contributed by atoms with Crippen molar-refractivity contribution in [2.75, 3.05) is 7.11 Å². The van der Waals surface area contributed by atoms with Gasteiger partial charge in [0.15, 0.2) is 0 Å². The molecule has 0 unspecified atom stereocenters. The minimum absolute atomic E-state index is 0.0675. The van der Waals surface area contributed by atoms with Crippen molar-refractivity contribution in [3.05, 3.63) is 30.6 Å². The van der Waals surface area contributed by atoms with E-state index in [9.17, 15) is 13.2 Å². The van der Waals surface area contributed by atoms with Gasteiger partial charge in [0.1, 0.15) is 11.4 Å². The molecular formula is C12H11F3N4O2. The van der Waals surface area contributed by atoms with Crippen LogP contribution in [0.5, 0.6) is 17.5 Å². The van der Waals surface area contributed by atoms with Crippen LogP contribution in [0.2, 0.25) is 0 Å². The smallest absolute Gasteiger partial charge is 0.417 e. The summed E-state index contributed by atoms with van der Waals surface area (Å²) in [6.07, 6.45) is -3.19. The third-order valence-electron chi connectivity index (χ3n) is 2.54. The Morgan fingerprint density at radius 2 is 2.05 bits per heavy atom. The monoisotopic (exact) mass is 300 g/mol. The maximum absolute atomic E-state index is 12.6. The number of nitrogens with zero attached hydrogens (tertiary/aromatic N) is 4. The average Bonchev–Trinajstić information content (AvgIpc) is 2.78. The molecule has 0 aliphatic carbocycles. The number of hydrogen-bond donors (Lipinski definition) is 0. The molecule has 0 amide bonds. The largest absolute Gasteiger partial charge is 0.495 e. The van der Waals surface area contributed by atoms with E-state index in [-0.39, 0.29) is 17.5 Å². The molecule has 0 radical (unpaired) electrons. The standard InChI is InChI=1S/C12H11F3N4O2/c1-7(12(13,14)15)9-5-11(19(2)18-9)21-10-4-8(20-3)6-16-17-10/h4-6H,1H2,2-3H3. The summed E-state index contributed by atoms with van der Waals surface area (Å²) < 4.78 is 49.1. The van der Waals surface area contributed by atoms with E-state index >= 15 is 0 Å². The van der Waals surface area contributed by atoms with E-state index < -0.39 is 11.7 Å². The number of allylic oxidation sites excluding steroid dienone is 1. The summed E-state index contributed by atoms with van der Waals surface area (Å²) >= 11 is 0. The molecule has 0 aromatic carbocycles. The van der Waals surface area contributed by atoms with Crippen LogP contribution in [0.1, 0.15) is 5.69 Å². The second-order valence-corrected chi connectivity index (χ2v) is 4.00. The SMILES string of the molecule is C=C(c1cc(Oc2cc(OC)cnn2)n(C)n1)C(F)(F)F. The molecule has 2 rings (SSSR count). The third kappa shape index (κ3) is 3.30. The fourth-order valence-corrected chi connectivity index (χ4v) is 1.44. The molecule has 112 valence electrons. The summed E-state index contributed by atoms with van der Waals surface area (Å²) in [7, 11) is 2.88. The van der Waals surface area contributed by atoms with Crippen molar-refractivity contribution >= 4 is 5.57 Å². The van der Waals surface area contributed by atoms with Gasteiger partial charge in [-0.15, -0.1) is 5.10 Å². The van der Waals surface area contributed by atoms with Crippen LogP contribution in [0.15, 0.2) is 24.9 Å². The summed E-state index contributed by atoms with van der Waals surface area (Å²) in [6.45, 7) is 2.98. The Bertz CT molecular complexity index is 667. The molecule has 9 heteroatoms. The Morgan fingerprint density at radius 3 is 2.67 bits per heavy atom. The highest BCUT2D eigenvalue weighted by Gasteiger charge is 2.35. The van der Waals surface area contributed by atoms with Gasteiger partial charge in [0.2, 0.25) is 11.8 Å².